The van der Waals surface area contributed by atoms with Crippen molar-refractivity contribution in [2.75, 3.05) is 13.2 Å². The Labute approximate surface area is 173 Å². The molecule has 4 N–H and O–H groups in total. The number of hydrogen-bond donors (Lipinski definition) is 4. The van der Waals surface area contributed by atoms with Crippen molar-refractivity contribution in [2.24, 2.45) is 23.7 Å². The third kappa shape index (κ3) is 3.43. The Balaban J connectivity index is 1.58. The van der Waals surface area contributed by atoms with Gasteiger partial charge in [-0.05, 0) is 30.4 Å². The van der Waals surface area contributed by atoms with E-state index in [9.17, 15) is 30.0 Å². The number of rotatable bonds is 4. The predicted molar refractivity (Wildman–Crippen MR) is 100 cm³/mol. The molecule has 166 valence electrons. The molecule has 0 aromatic carbocycles. The van der Waals surface area contributed by atoms with Crippen LogP contribution >= 0.6 is 0 Å². The molecule has 0 aromatic heterocycles. The van der Waals surface area contributed by atoms with E-state index in [0.717, 1.165) is 12.8 Å². The van der Waals surface area contributed by atoms with Crippen molar-refractivity contribution in [3.05, 3.63) is 23.0 Å². The summed E-state index contributed by atoms with van der Waals surface area (Å²) in [7, 11) is 0. The van der Waals surface area contributed by atoms with Crippen LogP contribution in [-0.4, -0.2) is 76.1 Å². The van der Waals surface area contributed by atoms with Crippen molar-refractivity contribution in [1.29, 1.82) is 0 Å². The van der Waals surface area contributed by atoms with Crippen molar-refractivity contribution < 1.29 is 44.2 Å². The van der Waals surface area contributed by atoms with Gasteiger partial charge in [0.2, 0.25) is 0 Å². The molecular weight excluding hydrogens is 396 g/mol. The number of hydrogen-bond acceptors (Lipinski definition) is 9. The van der Waals surface area contributed by atoms with Crippen LogP contribution in [0, 0.1) is 23.7 Å². The van der Waals surface area contributed by atoms with Gasteiger partial charge >= 0.3 is 5.97 Å². The van der Waals surface area contributed by atoms with E-state index in [4.69, 9.17) is 14.2 Å². The van der Waals surface area contributed by atoms with Gasteiger partial charge in [-0.3, -0.25) is 9.59 Å². The first-order valence-corrected chi connectivity index (χ1v) is 10.4. The van der Waals surface area contributed by atoms with E-state index in [1.165, 1.54) is 6.08 Å². The minimum atomic E-state index is -1.55. The summed E-state index contributed by atoms with van der Waals surface area (Å²) < 4.78 is 16.6. The summed E-state index contributed by atoms with van der Waals surface area (Å²) in [5.41, 5.74) is 1.23. The average Bonchev–Trinajstić information content (AvgIpc) is 3.14. The summed E-state index contributed by atoms with van der Waals surface area (Å²) in [6.07, 6.45) is -3.90. The van der Waals surface area contributed by atoms with Gasteiger partial charge in [0.05, 0.1) is 25.0 Å². The minimum Gasteiger partial charge on any atom is -0.430 e. The molecule has 0 aromatic rings. The van der Waals surface area contributed by atoms with E-state index >= 15 is 0 Å². The molecule has 0 radical (unpaired) electrons. The van der Waals surface area contributed by atoms with Crippen molar-refractivity contribution >= 4 is 11.8 Å². The quantitative estimate of drug-likeness (QED) is 0.436. The van der Waals surface area contributed by atoms with Gasteiger partial charge in [0.25, 0.3) is 0 Å². The number of carbonyl (C=O) groups is 2. The number of ether oxygens (including phenoxy) is 3. The van der Waals surface area contributed by atoms with E-state index in [-0.39, 0.29) is 36.1 Å². The number of fused-ring (bicyclic) bond motifs is 2. The summed E-state index contributed by atoms with van der Waals surface area (Å²) in [5, 5.41) is 39.3. The molecule has 0 bridgehead atoms. The minimum absolute atomic E-state index is 0.0753. The maximum Gasteiger partial charge on any atom is 0.314 e. The SMILES string of the molecule is C[C@@H]1CC[C@@H]2C(=C3C(CO[C@H]4O[C@H](CO)[C@@H](O)[C@H](O)[C@H]4O)=CC(=O)[C@H]31)OC(=O)[C@H]2C. The highest BCUT2D eigenvalue weighted by Gasteiger charge is 2.49. The first-order chi connectivity index (χ1) is 14.2. The fourth-order valence-corrected chi connectivity index (χ4v) is 4.97. The third-order valence-corrected chi connectivity index (χ3v) is 6.82. The number of esters is 1. The van der Waals surface area contributed by atoms with E-state index < -0.39 is 43.2 Å². The lowest BCUT2D eigenvalue weighted by Crippen LogP contribution is -2.59. The molecule has 4 aliphatic rings. The summed E-state index contributed by atoms with van der Waals surface area (Å²) in [6, 6.07) is 0. The summed E-state index contributed by atoms with van der Waals surface area (Å²) in [5.74, 6) is -0.522. The van der Waals surface area contributed by atoms with Crippen LogP contribution < -0.4 is 0 Å². The lowest BCUT2D eigenvalue weighted by molar-refractivity contribution is -0.298. The smallest absolute Gasteiger partial charge is 0.314 e. The number of ketones is 1. The average molecular weight is 424 g/mol. The molecule has 9 nitrogen and oxygen atoms in total. The molecule has 0 amide bonds. The van der Waals surface area contributed by atoms with Gasteiger partial charge < -0.3 is 34.6 Å². The van der Waals surface area contributed by atoms with E-state index in [0.29, 0.717) is 16.9 Å². The Morgan fingerprint density at radius 2 is 1.83 bits per heavy atom. The van der Waals surface area contributed by atoms with E-state index in [1.54, 1.807) is 0 Å². The fraction of sp³-hybridized carbons (Fsp3) is 0.714. The first-order valence-electron chi connectivity index (χ1n) is 10.4. The van der Waals surface area contributed by atoms with Crippen molar-refractivity contribution in [2.45, 2.75) is 57.4 Å². The number of aliphatic hydroxyl groups excluding tert-OH is 4. The lowest BCUT2D eigenvalue weighted by atomic mass is 9.85. The van der Waals surface area contributed by atoms with Gasteiger partial charge in [-0.2, -0.15) is 0 Å². The van der Waals surface area contributed by atoms with E-state index in [2.05, 4.69) is 0 Å². The topological polar surface area (TPSA) is 143 Å². The molecule has 30 heavy (non-hydrogen) atoms. The molecule has 4 rings (SSSR count). The van der Waals surface area contributed by atoms with Crippen LogP contribution in [-0.2, 0) is 23.8 Å². The van der Waals surface area contributed by atoms with Crippen LogP contribution in [0.4, 0.5) is 0 Å². The second kappa shape index (κ2) is 8.14. The van der Waals surface area contributed by atoms with Crippen molar-refractivity contribution in [3.8, 4) is 0 Å². The molecule has 2 heterocycles. The van der Waals surface area contributed by atoms with Crippen LogP contribution in [0.15, 0.2) is 23.0 Å². The van der Waals surface area contributed by atoms with Crippen LogP contribution in [0.5, 0.6) is 0 Å². The molecule has 2 aliphatic carbocycles. The van der Waals surface area contributed by atoms with Gasteiger partial charge in [-0.1, -0.05) is 13.8 Å². The zero-order chi connectivity index (χ0) is 21.7. The molecule has 2 saturated heterocycles. The van der Waals surface area contributed by atoms with Gasteiger partial charge in [-0.15, -0.1) is 0 Å². The summed E-state index contributed by atoms with van der Waals surface area (Å²) in [6.45, 7) is 3.16. The van der Waals surface area contributed by atoms with Gasteiger partial charge in [0.1, 0.15) is 30.2 Å². The largest absolute Gasteiger partial charge is 0.430 e. The first kappa shape index (κ1) is 21.6. The zero-order valence-electron chi connectivity index (χ0n) is 16.9. The molecule has 9 heteroatoms. The summed E-state index contributed by atoms with van der Waals surface area (Å²) in [4.78, 5) is 24.9. The maximum absolute atomic E-state index is 12.7. The Morgan fingerprint density at radius 1 is 1.10 bits per heavy atom. The van der Waals surface area contributed by atoms with E-state index in [1.807, 2.05) is 13.8 Å². The third-order valence-electron chi connectivity index (χ3n) is 6.82. The van der Waals surface area contributed by atoms with Crippen molar-refractivity contribution in [1.82, 2.24) is 0 Å². The standard InChI is InChI=1S/C21H28O9/c1-8-3-4-11-9(2)20(27)30-19(11)15-10(5-12(23)14(8)15)7-28-21-18(26)17(25)16(24)13(6-22)29-21/h5,8-9,11,13-14,16-18,21-22,24-26H,3-4,6-7H2,1-2H3/t8-,9+,11+,13-,14-,16-,17+,18-,21+/m1/s1. The Bertz CT molecular complexity index is 785. The highest BCUT2D eigenvalue weighted by Crippen LogP contribution is 2.49. The van der Waals surface area contributed by atoms with Crippen LogP contribution in [0.2, 0.25) is 0 Å². The lowest BCUT2D eigenvalue weighted by Gasteiger charge is -2.39. The van der Waals surface area contributed by atoms with Gasteiger partial charge in [0.15, 0.2) is 12.1 Å². The second-order valence-electron chi connectivity index (χ2n) is 8.71. The summed E-state index contributed by atoms with van der Waals surface area (Å²) >= 11 is 0. The van der Waals surface area contributed by atoms with Gasteiger partial charge in [0, 0.05) is 11.5 Å². The Morgan fingerprint density at radius 3 is 2.53 bits per heavy atom. The van der Waals surface area contributed by atoms with Crippen molar-refractivity contribution in [3.63, 3.8) is 0 Å². The number of carbonyl (C=O) groups excluding carboxylic acids is 2. The molecule has 0 spiro atoms. The van der Waals surface area contributed by atoms with Crippen LogP contribution in [0.1, 0.15) is 26.7 Å². The second-order valence-corrected chi connectivity index (χ2v) is 8.71. The Kier molecular flexibility index (Phi) is 5.86. The number of allylic oxidation sites excluding steroid dienone is 2. The predicted octanol–water partition coefficient (Wildman–Crippen LogP) is -0.579. The molecular formula is C21H28O9. The normalized spacial score (nSPS) is 43.8. The maximum atomic E-state index is 12.7. The molecule has 0 unspecified atom stereocenters. The highest BCUT2D eigenvalue weighted by molar-refractivity contribution is 6.00. The fourth-order valence-electron chi connectivity index (χ4n) is 4.97. The van der Waals surface area contributed by atoms with Gasteiger partial charge in [-0.25, -0.2) is 0 Å². The Hall–Kier alpha value is -1.62. The molecule has 2 fully saturated rings. The van der Waals surface area contributed by atoms with Crippen LogP contribution in [0.3, 0.4) is 0 Å². The molecule has 0 saturated carbocycles. The van der Waals surface area contributed by atoms with Crippen LogP contribution in [0.25, 0.3) is 0 Å². The zero-order valence-corrected chi connectivity index (χ0v) is 16.9. The monoisotopic (exact) mass is 424 g/mol. The number of aliphatic hydroxyl groups is 4. The highest BCUT2D eigenvalue weighted by atomic mass is 16.7. The molecule has 9 atom stereocenters. The molecule has 2 aliphatic heterocycles.